The molecule has 34 heavy (non-hydrogen) atoms. The largest absolute Gasteiger partial charge is 0.458 e. The van der Waals surface area contributed by atoms with E-state index in [1.807, 2.05) is 13.0 Å². The first-order valence-electron chi connectivity index (χ1n) is 12.2. The molecule has 6 nitrogen and oxygen atoms in total. The molecular weight excluding hydrogens is 479 g/mol. The zero-order chi connectivity index (χ0) is 24.8. The molecule has 2 bridgehead atoms. The Bertz CT molecular complexity index is 980. The minimum atomic E-state index is -2.37. The van der Waals surface area contributed by atoms with E-state index in [9.17, 15) is 14.4 Å². The lowest BCUT2D eigenvalue weighted by Gasteiger charge is -2.66. The van der Waals surface area contributed by atoms with Crippen molar-refractivity contribution in [1.82, 2.24) is 0 Å². The Morgan fingerprint density at radius 3 is 2.32 bits per heavy atom. The maximum Gasteiger partial charge on any atom is 0.316 e. The standard InChI is InChI=1S/C26H32Cl2O6/c1-12-6-9-17-20(33-17)13(2)16-8-7-15-10-24(4)11-25(5,34-24)19(15)18(16)22(30)26(27,28)21(29)14(3)23(31)32-12/h6-9,12-20H,10-11H2,1-5H3/b9-6+/t12-,13-,14-,15+,16-,17?,18?,19?,20?,24+,25-/m0/s1. The molecule has 6 rings (SSSR count). The van der Waals surface area contributed by atoms with Crippen LogP contribution in [0.25, 0.3) is 0 Å². The lowest BCUT2D eigenvalue weighted by Crippen LogP contribution is -2.70. The van der Waals surface area contributed by atoms with Gasteiger partial charge in [-0.05, 0) is 57.9 Å². The number of allylic oxidation sites excluding steroid dienone is 2. The van der Waals surface area contributed by atoms with Gasteiger partial charge in [-0.1, -0.05) is 48.4 Å². The van der Waals surface area contributed by atoms with E-state index in [-0.39, 0.29) is 41.5 Å². The summed E-state index contributed by atoms with van der Waals surface area (Å²) in [6.07, 6.45) is 8.80. The number of epoxide rings is 1. The van der Waals surface area contributed by atoms with Crippen molar-refractivity contribution in [2.75, 3.05) is 0 Å². The van der Waals surface area contributed by atoms with E-state index in [4.69, 9.17) is 37.4 Å². The van der Waals surface area contributed by atoms with Crippen LogP contribution >= 0.6 is 23.2 Å². The summed E-state index contributed by atoms with van der Waals surface area (Å²) in [4.78, 5) is 40.1. The molecule has 0 amide bonds. The first kappa shape index (κ1) is 24.5. The molecule has 0 N–H and O–H groups in total. The lowest BCUT2D eigenvalue weighted by molar-refractivity contribution is -0.329. The van der Waals surface area contributed by atoms with Gasteiger partial charge in [0.1, 0.15) is 18.1 Å². The summed E-state index contributed by atoms with van der Waals surface area (Å²) < 4.78 is 15.3. The highest BCUT2D eigenvalue weighted by atomic mass is 35.5. The van der Waals surface area contributed by atoms with Gasteiger partial charge in [0, 0.05) is 18.3 Å². The molecule has 4 fully saturated rings. The van der Waals surface area contributed by atoms with Crippen LogP contribution in [-0.2, 0) is 28.6 Å². The van der Waals surface area contributed by atoms with Crippen LogP contribution in [0.15, 0.2) is 24.3 Å². The Morgan fingerprint density at radius 1 is 0.971 bits per heavy atom. The summed E-state index contributed by atoms with van der Waals surface area (Å²) in [5.74, 6) is -4.40. The van der Waals surface area contributed by atoms with Crippen LogP contribution in [0.5, 0.6) is 0 Å². The third-order valence-corrected chi connectivity index (χ3v) is 9.39. The predicted octanol–water partition coefficient (Wildman–Crippen LogP) is 4.22. The quantitative estimate of drug-likeness (QED) is 0.159. The monoisotopic (exact) mass is 510 g/mol. The molecule has 0 aromatic rings. The molecule has 0 aromatic heterocycles. The number of esters is 1. The van der Waals surface area contributed by atoms with Gasteiger partial charge in [-0.2, -0.15) is 0 Å². The third-order valence-electron chi connectivity index (χ3n) is 8.65. The highest BCUT2D eigenvalue weighted by molar-refractivity contribution is 6.68. The van der Waals surface area contributed by atoms with E-state index in [2.05, 4.69) is 26.0 Å². The molecule has 4 heterocycles. The van der Waals surface area contributed by atoms with Crippen LogP contribution in [0.2, 0.25) is 0 Å². The predicted molar refractivity (Wildman–Crippen MR) is 126 cm³/mol. The number of carbonyl (C=O) groups is 3. The summed E-state index contributed by atoms with van der Waals surface area (Å²) in [5.41, 5.74) is -0.717. The van der Waals surface area contributed by atoms with Crippen LogP contribution in [0.1, 0.15) is 47.5 Å². The van der Waals surface area contributed by atoms with E-state index < -0.39 is 45.4 Å². The van der Waals surface area contributed by atoms with Gasteiger partial charge < -0.3 is 14.2 Å². The smallest absolute Gasteiger partial charge is 0.316 e. The molecule has 11 atom stereocenters. The molecule has 0 spiro atoms. The second-order valence-corrected chi connectivity index (χ2v) is 12.7. The molecule has 0 radical (unpaired) electrons. The Balaban J connectivity index is 1.58. The van der Waals surface area contributed by atoms with Crippen molar-refractivity contribution < 1.29 is 28.6 Å². The van der Waals surface area contributed by atoms with Gasteiger partial charge in [0.25, 0.3) is 0 Å². The van der Waals surface area contributed by atoms with E-state index in [1.165, 1.54) is 6.92 Å². The van der Waals surface area contributed by atoms with Crippen molar-refractivity contribution in [2.45, 2.75) is 81.3 Å². The van der Waals surface area contributed by atoms with Crippen molar-refractivity contribution in [3.8, 4) is 0 Å². The SMILES string of the molecule is C[C@@H]1C(=O)O[C@@H](C)/C=C/C2OC2[C@@H](C)[C@@H]2C=C[C@@H]3C[C@]4(C)C[C@](C)(O4)C3C2C(=O)C(Cl)(Cl)C1=O. The number of ketones is 2. The number of alkyl halides is 2. The fourth-order valence-electron chi connectivity index (χ4n) is 7.21. The normalized spacial score (nSPS) is 52.8. The van der Waals surface area contributed by atoms with Crippen LogP contribution in [-0.4, -0.2) is 51.4 Å². The molecule has 4 unspecified atom stereocenters. The minimum absolute atomic E-state index is 0.0183. The van der Waals surface area contributed by atoms with Crippen molar-refractivity contribution >= 4 is 40.7 Å². The highest BCUT2D eigenvalue weighted by Gasteiger charge is 2.67. The molecule has 3 saturated heterocycles. The second-order valence-electron chi connectivity index (χ2n) is 11.4. The topological polar surface area (TPSA) is 82.2 Å². The molecule has 2 aliphatic carbocycles. The Kier molecular flexibility index (Phi) is 5.68. The van der Waals surface area contributed by atoms with E-state index >= 15 is 0 Å². The average molecular weight is 511 g/mol. The maximum atomic E-state index is 14.1. The number of ether oxygens (including phenoxy) is 3. The van der Waals surface area contributed by atoms with Gasteiger partial charge in [0.15, 0.2) is 11.6 Å². The van der Waals surface area contributed by atoms with Crippen LogP contribution in [0.4, 0.5) is 0 Å². The first-order valence-corrected chi connectivity index (χ1v) is 12.9. The van der Waals surface area contributed by atoms with Gasteiger partial charge in [0.05, 0.1) is 17.3 Å². The number of halogens is 2. The number of rotatable bonds is 0. The summed E-state index contributed by atoms with van der Waals surface area (Å²) >= 11 is 13.1. The van der Waals surface area contributed by atoms with Crippen LogP contribution < -0.4 is 0 Å². The molecular formula is C26H32Cl2O6. The van der Waals surface area contributed by atoms with Crippen LogP contribution in [0.3, 0.4) is 0 Å². The molecule has 186 valence electrons. The number of hydrogen-bond acceptors (Lipinski definition) is 6. The highest BCUT2D eigenvalue weighted by Crippen LogP contribution is 2.63. The Hall–Kier alpha value is -1.21. The van der Waals surface area contributed by atoms with E-state index in [1.54, 1.807) is 13.0 Å². The summed E-state index contributed by atoms with van der Waals surface area (Å²) in [7, 11) is 0. The fraction of sp³-hybridized carbons (Fsp3) is 0.731. The Morgan fingerprint density at radius 2 is 1.65 bits per heavy atom. The third kappa shape index (κ3) is 3.71. The zero-order valence-electron chi connectivity index (χ0n) is 20.1. The van der Waals surface area contributed by atoms with E-state index in [0.717, 1.165) is 12.8 Å². The van der Waals surface area contributed by atoms with Gasteiger partial charge >= 0.3 is 5.97 Å². The van der Waals surface area contributed by atoms with Crippen molar-refractivity contribution in [2.24, 2.45) is 35.5 Å². The number of Topliss-reactive ketones (excluding diaryl/α,β-unsaturated/α-hetero) is 2. The fourth-order valence-corrected chi connectivity index (χ4v) is 7.79. The Labute approximate surface area is 210 Å². The summed E-state index contributed by atoms with van der Waals surface area (Å²) in [6, 6.07) is 0. The second kappa shape index (κ2) is 7.89. The molecule has 6 aliphatic rings. The van der Waals surface area contributed by atoms with Crippen molar-refractivity contribution in [3.63, 3.8) is 0 Å². The first-order chi connectivity index (χ1) is 15.8. The van der Waals surface area contributed by atoms with Gasteiger partial charge in [0.2, 0.25) is 4.33 Å². The van der Waals surface area contributed by atoms with Crippen molar-refractivity contribution in [1.29, 1.82) is 0 Å². The summed E-state index contributed by atoms with van der Waals surface area (Å²) in [6.45, 7) is 9.29. The number of fused-ring (bicyclic) bond motifs is 2. The van der Waals surface area contributed by atoms with Crippen LogP contribution in [0, 0.1) is 35.5 Å². The van der Waals surface area contributed by atoms with Crippen molar-refractivity contribution in [3.05, 3.63) is 24.3 Å². The van der Waals surface area contributed by atoms with Gasteiger partial charge in [-0.3, -0.25) is 14.4 Å². The molecule has 0 aromatic carbocycles. The average Bonchev–Trinajstić information content (AvgIpc) is 3.52. The minimum Gasteiger partial charge on any atom is -0.458 e. The summed E-state index contributed by atoms with van der Waals surface area (Å²) in [5, 5.41) is 0. The number of carbonyl (C=O) groups excluding carboxylic acids is 3. The van der Waals surface area contributed by atoms with E-state index in [0.29, 0.717) is 0 Å². The van der Waals surface area contributed by atoms with Gasteiger partial charge in [-0.15, -0.1) is 0 Å². The molecule has 4 aliphatic heterocycles. The molecule has 1 saturated carbocycles. The number of cyclic esters (lactones) is 1. The number of hydrogen-bond donors (Lipinski definition) is 0. The zero-order valence-corrected chi connectivity index (χ0v) is 21.6. The van der Waals surface area contributed by atoms with Gasteiger partial charge in [-0.25, -0.2) is 0 Å². The maximum absolute atomic E-state index is 14.1. The lowest BCUT2D eigenvalue weighted by atomic mass is 9.50. The molecule has 8 heteroatoms.